The van der Waals surface area contributed by atoms with Gasteiger partial charge in [0, 0.05) is 29.3 Å². The lowest BCUT2D eigenvalue weighted by atomic mass is 9.69. The van der Waals surface area contributed by atoms with Crippen molar-refractivity contribution in [1.82, 2.24) is 0 Å². The second-order valence-corrected chi connectivity index (χ2v) is 9.94. The average molecular weight is 478 g/mol. The Labute approximate surface area is 205 Å². The molecule has 1 heterocycles. The molecule has 2 unspecified atom stereocenters. The van der Waals surface area contributed by atoms with Crippen LogP contribution in [0.25, 0.3) is 0 Å². The van der Waals surface area contributed by atoms with Crippen molar-refractivity contribution in [3.05, 3.63) is 94.8 Å². The molecule has 184 valence electrons. The number of halogens is 1. The van der Waals surface area contributed by atoms with E-state index in [1.807, 2.05) is 63.2 Å². The molecule has 5 nitrogen and oxygen atoms in total. The third-order valence-electron chi connectivity index (χ3n) is 7.03. The van der Waals surface area contributed by atoms with Crippen LogP contribution in [-0.2, 0) is 16.8 Å². The number of carbonyl (C=O) groups is 1. The number of esters is 1. The molecule has 2 N–H and O–H groups in total. The number of anilines is 1. The first-order valence-electron chi connectivity index (χ1n) is 11.8. The van der Waals surface area contributed by atoms with Crippen LogP contribution in [0.2, 0.25) is 0 Å². The first-order valence-corrected chi connectivity index (χ1v) is 11.8. The summed E-state index contributed by atoms with van der Waals surface area (Å²) in [6.45, 7) is 6.49. The van der Waals surface area contributed by atoms with Crippen LogP contribution in [0.15, 0.2) is 66.7 Å². The normalized spacial score (nSPS) is 15.7. The molecular weight excluding hydrogens is 445 g/mol. The maximum absolute atomic E-state index is 14.2. The summed E-state index contributed by atoms with van der Waals surface area (Å²) >= 11 is 0. The fourth-order valence-electron chi connectivity index (χ4n) is 4.99. The van der Waals surface area contributed by atoms with Crippen molar-refractivity contribution in [2.45, 2.75) is 50.7 Å². The summed E-state index contributed by atoms with van der Waals surface area (Å²) in [4.78, 5) is 11.8. The molecule has 0 saturated carbocycles. The molecule has 0 fully saturated rings. The number of carbonyl (C=O) groups excluding carboxylic acids is 1. The number of benzene rings is 3. The molecule has 2 atom stereocenters. The number of methoxy groups -OCH3 is 1. The fourth-order valence-corrected chi connectivity index (χ4v) is 4.99. The van der Waals surface area contributed by atoms with Crippen molar-refractivity contribution in [1.29, 1.82) is 0 Å². The highest BCUT2D eigenvalue weighted by molar-refractivity contribution is 5.93. The molecule has 0 radical (unpaired) electrons. The van der Waals surface area contributed by atoms with E-state index < -0.39 is 11.0 Å². The van der Waals surface area contributed by atoms with Crippen LogP contribution >= 0.6 is 0 Å². The largest absolute Gasteiger partial charge is 0.496 e. The Morgan fingerprint density at radius 3 is 2.57 bits per heavy atom. The van der Waals surface area contributed by atoms with Gasteiger partial charge in [-0.15, -0.1) is 0 Å². The molecule has 3 aromatic carbocycles. The Balaban J connectivity index is 1.65. The van der Waals surface area contributed by atoms with Crippen molar-refractivity contribution in [3.63, 3.8) is 0 Å². The molecule has 0 bridgehead atoms. The van der Waals surface area contributed by atoms with Gasteiger partial charge in [0.25, 0.3) is 0 Å². The average Bonchev–Trinajstić information content (AvgIpc) is 3.22. The molecule has 1 aliphatic heterocycles. The van der Waals surface area contributed by atoms with Gasteiger partial charge in [0.15, 0.2) is 0 Å². The van der Waals surface area contributed by atoms with Gasteiger partial charge >= 0.3 is 5.97 Å². The van der Waals surface area contributed by atoms with Crippen molar-refractivity contribution in [2.24, 2.45) is 0 Å². The quantitative estimate of drug-likeness (QED) is 0.380. The lowest BCUT2D eigenvalue weighted by Gasteiger charge is -2.41. The van der Waals surface area contributed by atoms with Gasteiger partial charge in [-0.3, -0.25) is 0 Å². The van der Waals surface area contributed by atoms with Crippen LogP contribution in [0.5, 0.6) is 5.75 Å². The van der Waals surface area contributed by atoms with Crippen LogP contribution in [0.1, 0.15) is 60.2 Å². The predicted molar refractivity (Wildman–Crippen MR) is 134 cm³/mol. The zero-order valence-corrected chi connectivity index (χ0v) is 20.6. The van der Waals surface area contributed by atoms with Gasteiger partial charge in [-0.25, -0.2) is 9.18 Å². The molecule has 4 rings (SSSR count). The number of fused-ring (bicyclic) bond motifs is 1. The second-order valence-electron chi connectivity index (χ2n) is 9.94. The van der Waals surface area contributed by atoms with E-state index in [0.717, 1.165) is 16.8 Å². The molecule has 6 heteroatoms. The van der Waals surface area contributed by atoms with Gasteiger partial charge in [0.1, 0.15) is 18.2 Å². The van der Waals surface area contributed by atoms with Crippen molar-refractivity contribution in [2.75, 3.05) is 19.0 Å². The summed E-state index contributed by atoms with van der Waals surface area (Å²) in [7, 11) is 1.56. The number of hydrogen-bond acceptors (Lipinski definition) is 5. The van der Waals surface area contributed by atoms with Crippen LogP contribution in [0.3, 0.4) is 0 Å². The van der Waals surface area contributed by atoms with E-state index in [9.17, 15) is 14.3 Å². The monoisotopic (exact) mass is 477 g/mol. The van der Waals surface area contributed by atoms with Crippen molar-refractivity contribution < 1.29 is 23.8 Å². The molecule has 0 aliphatic carbocycles. The van der Waals surface area contributed by atoms with E-state index in [1.165, 1.54) is 12.1 Å². The Morgan fingerprint density at radius 1 is 1.11 bits per heavy atom. The van der Waals surface area contributed by atoms with Gasteiger partial charge < -0.3 is 19.9 Å². The number of ether oxygens (including phenoxy) is 2. The van der Waals surface area contributed by atoms with Gasteiger partial charge in [-0.05, 0) is 53.8 Å². The summed E-state index contributed by atoms with van der Waals surface area (Å²) < 4.78 is 24.8. The first kappa shape index (κ1) is 24.7. The Kier molecular flexibility index (Phi) is 6.86. The summed E-state index contributed by atoms with van der Waals surface area (Å²) in [5, 5.41) is 15.6. The van der Waals surface area contributed by atoms with Gasteiger partial charge in [-0.2, -0.15) is 0 Å². The zero-order chi connectivity index (χ0) is 25.2. The highest BCUT2D eigenvalue weighted by Crippen LogP contribution is 2.43. The summed E-state index contributed by atoms with van der Waals surface area (Å²) in [6, 6.07) is 19.8. The van der Waals surface area contributed by atoms with Crippen LogP contribution in [-0.4, -0.2) is 30.3 Å². The number of nitrogens with one attached hydrogen (secondary N) is 1. The zero-order valence-electron chi connectivity index (χ0n) is 20.6. The molecule has 35 heavy (non-hydrogen) atoms. The minimum absolute atomic E-state index is 0.227. The van der Waals surface area contributed by atoms with Crippen LogP contribution < -0.4 is 10.1 Å². The number of cyclic esters (lactones) is 1. The summed E-state index contributed by atoms with van der Waals surface area (Å²) in [6.07, 6.45) is 0.343. The summed E-state index contributed by atoms with van der Waals surface area (Å²) in [5.41, 5.74) is 2.09. The Morgan fingerprint density at radius 2 is 1.86 bits per heavy atom. The number of rotatable bonds is 9. The lowest BCUT2D eigenvalue weighted by Crippen LogP contribution is -2.46. The van der Waals surface area contributed by atoms with E-state index >= 15 is 0 Å². The van der Waals surface area contributed by atoms with Gasteiger partial charge in [-0.1, -0.05) is 51.1 Å². The third-order valence-corrected chi connectivity index (χ3v) is 7.03. The molecule has 0 saturated heterocycles. The van der Waals surface area contributed by atoms with E-state index in [2.05, 4.69) is 5.32 Å². The maximum Gasteiger partial charge on any atom is 0.338 e. The summed E-state index contributed by atoms with van der Waals surface area (Å²) in [5.74, 6) is -0.301. The van der Waals surface area contributed by atoms with Crippen molar-refractivity contribution >= 4 is 11.7 Å². The molecular formula is C29H32FNO4. The Hall–Kier alpha value is -3.38. The van der Waals surface area contributed by atoms with Crippen LogP contribution in [0, 0.1) is 5.82 Å². The molecule has 1 aliphatic rings. The molecule has 3 aromatic rings. The van der Waals surface area contributed by atoms with Crippen LogP contribution in [0.4, 0.5) is 10.1 Å². The fraction of sp³-hybridized carbons (Fsp3) is 0.345. The molecule has 0 spiro atoms. The molecule has 0 amide bonds. The topological polar surface area (TPSA) is 67.8 Å². The lowest BCUT2D eigenvalue weighted by molar-refractivity contribution is 0.00349. The first-order chi connectivity index (χ1) is 16.6. The standard InChI is InChI=1S/C29H32FNO4/c1-19(20-8-6-5-7-9-20)29(33,17-28(2,3)25-15-22(30)10-13-26(25)34-4)18-31-23-11-12-24-21(14-23)16-35-27(24)32/h5-15,19,31,33H,16-18H2,1-4H3. The predicted octanol–water partition coefficient (Wildman–Crippen LogP) is 5.82. The number of hydrogen-bond donors (Lipinski definition) is 2. The Bertz CT molecular complexity index is 1210. The SMILES string of the molecule is COc1ccc(F)cc1C(C)(C)CC(O)(CNc1ccc2c(c1)COC2=O)C(C)c1ccccc1. The van der Waals surface area contributed by atoms with E-state index in [0.29, 0.717) is 23.3 Å². The third kappa shape index (κ3) is 5.17. The highest BCUT2D eigenvalue weighted by atomic mass is 19.1. The smallest absolute Gasteiger partial charge is 0.338 e. The van der Waals surface area contributed by atoms with E-state index in [1.54, 1.807) is 19.2 Å². The van der Waals surface area contributed by atoms with Gasteiger partial charge in [0.2, 0.25) is 0 Å². The van der Waals surface area contributed by atoms with Gasteiger partial charge in [0.05, 0.1) is 18.3 Å². The minimum atomic E-state index is -1.20. The molecule has 0 aromatic heterocycles. The number of aliphatic hydroxyl groups is 1. The second kappa shape index (κ2) is 9.70. The minimum Gasteiger partial charge on any atom is -0.496 e. The van der Waals surface area contributed by atoms with E-state index in [4.69, 9.17) is 9.47 Å². The maximum atomic E-state index is 14.2. The highest BCUT2D eigenvalue weighted by Gasteiger charge is 2.41. The van der Waals surface area contributed by atoms with E-state index in [-0.39, 0.29) is 30.9 Å². The van der Waals surface area contributed by atoms with Crippen molar-refractivity contribution in [3.8, 4) is 5.75 Å².